The van der Waals surface area contributed by atoms with E-state index in [1.54, 1.807) is 18.2 Å². The van der Waals surface area contributed by atoms with Crippen molar-refractivity contribution in [3.8, 4) is 0 Å². The highest BCUT2D eigenvalue weighted by atomic mass is 32.1. The highest BCUT2D eigenvalue weighted by Gasteiger charge is 2.33. The molecule has 3 amide bonds. The van der Waals surface area contributed by atoms with Crippen LogP contribution in [0.3, 0.4) is 0 Å². The number of benzene rings is 2. The first kappa shape index (κ1) is 22.7. The van der Waals surface area contributed by atoms with Crippen molar-refractivity contribution in [2.45, 2.75) is 25.8 Å². The third kappa shape index (κ3) is 4.96. The molecule has 1 aliphatic heterocycles. The number of anilines is 1. The molecular formula is C25H25N3O4S. The summed E-state index contributed by atoms with van der Waals surface area (Å²) in [6, 6.07) is 15.9. The maximum atomic E-state index is 13.3. The standard InChI is InChI=1S/C25H25N3O4S/c1-16-6-2-4-8-20(16)28(19(15-29)12-18-10-11-26-24(18)31)23(30)14-27-25(32)22-13-17-7-3-5-9-21(17)33-22/h2-9,13,15,18-19H,10-12,14H2,1H3,(H,26,31)(H,27,32)/t18-,19-/m0/s1. The minimum atomic E-state index is -0.811. The quantitative estimate of drug-likeness (QED) is 0.502. The number of amides is 3. The van der Waals surface area contributed by atoms with Crippen molar-refractivity contribution in [2.75, 3.05) is 18.0 Å². The molecule has 170 valence electrons. The number of para-hydroxylation sites is 1. The Bertz CT molecular complexity index is 1170. The third-order valence-electron chi connectivity index (χ3n) is 5.87. The van der Waals surface area contributed by atoms with Gasteiger partial charge in [0.2, 0.25) is 11.8 Å². The molecule has 2 N–H and O–H groups in total. The number of fused-ring (bicyclic) bond motifs is 1. The van der Waals surface area contributed by atoms with Gasteiger partial charge < -0.3 is 20.3 Å². The molecule has 0 spiro atoms. The number of nitrogens with zero attached hydrogens (tertiary/aromatic N) is 1. The Morgan fingerprint density at radius 1 is 1.21 bits per heavy atom. The molecule has 0 unspecified atom stereocenters. The van der Waals surface area contributed by atoms with Gasteiger partial charge in [-0.25, -0.2) is 0 Å². The number of hydrogen-bond acceptors (Lipinski definition) is 5. The normalized spacial score (nSPS) is 16.3. The molecule has 7 nitrogen and oxygen atoms in total. The minimum absolute atomic E-state index is 0.0999. The first-order valence-corrected chi connectivity index (χ1v) is 11.7. The van der Waals surface area contributed by atoms with Gasteiger partial charge in [-0.3, -0.25) is 14.4 Å². The van der Waals surface area contributed by atoms with Gasteiger partial charge in [0.05, 0.1) is 17.5 Å². The Hall–Kier alpha value is -3.52. The lowest BCUT2D eigenvalue weighted by atomic mass is 9.97. The maximum Gasteiger partial charge on any atom is 0.261 e. The van der Waals surface area contributed by atoms with Gasteiger partial charge in [-0.1, -0.05) is 36.4 Å². The molecule has 1 saturated heterocycles. The second-order valence-corrected chi connectivity index (χ2v) is 9.18. The lowest BCUT2D eigenvalue weighted by molar-refractivity contribution is -0.124. The summed E-state index contributed by atoms with van der Waals surface area (Å²) in [4.78, 5) is 52.1. The van der Waals surface area contributed by atoms with E-state index < -0.39 is 11.9 Å². The van der Waals surface area contributed by atoms with Gasteiger partial charge in [0, 0.05) is 22.8 Å². The predicted molar refractivity (Wildman–Crippen MR) is 128 cm³/mol. The molecule has 0 radical (unpaired) electrons. The number of hydrogen-bond donors (Lipinski definition) is 2. The van der Waals surface area contributed by atoms with E-state index in [2.05, 4.69) is 10.6 Å². The first-order chi connectivity index (χ1) is 16.0. The summed E-state index contributed by atoms with van der Waals surface area (Å²) in [6.07, 6.45) is 1.57. The van der Waals surface area contributed by atoms with Gasteiger partial charge in [0.15, 0.2) is 0 Å². The van der Waals surface area contributed by atoms with Crippen LogP contribution in [0.5, 0.6) is 0 Å². The van der Waals surface area contributed by atoms with Crippen LogP contribution in [0, 0.1) is 12.8 Å². The number of carbonyl (C=O) groups is 4. The van der Waals surface area contributed by atoms with Crippen LogP contribution in [0.2, 0.25) is 0 Å². The molecule has 2 aromatic carbocycles. The summed E-state index contributed by atoms with van der Waals surface area (Å²) in [5.41, 5.74) is 1.42. The Morgan fingerprint density at radius 3 is 2.67 bits per heavy atom. The molecule has 8 heteroatoms. The SMILES string of the molecule is Cc1ccccc1N(C(=O)CNC(=O)c1cc2ccccc2s1)[C@H](C=O)C[C@@H]1CCNC1=O. The van der Waals surface area contributed by atoms with E-state index in [9.17, 15) is 19.2 Å². The summed E-state index contributed by atoms with van der Waals surface area (Å²) in [5.74, 6) is -1.17. The van der Waals surface area contributed by atoms with Crippen molar-refractivity contribution in [3.63, 3.8) is 0 Å². The average molecular weight is 464 g/mol. The van der Waals surface area contributed by atoms with Crippen LogP contribution in [0.15, 0.2) is 54.6 Å². The van der Waals surface area contributed by atoms with E-state index in [-0.39, 0.29) is 30.7 Å². The van der Waals surface area contributed by atoms with Gasteiger partial charge in [0.25, 0.3) is 5.91 Å². The highest BCUT2D eigenvalue weighted by Crippen LogP contribution is 2.27. The van der Waals surface area contributed by atoms with Crippen LogP contribution in [-0.4, -0.2) is 43.1 Å². The molecule has 3 aromatic rings. The van der Waals surface area contributed by atoms with E-state index in [0.717, 1.165) is 15.6 Å². The number of rotatable bonds is 8. The van der Waals surface area contributed by atoms with Gasteiger partial charge in [0.1, 0.15) is 6.29 Å². The molecule has 0 bridgehead atoms. The molecule has 2 heterocycles. The van der Waals surface area contributed by atoms with Crippen LogP contribution in [0.1, 0.15) is 28.1 Å². The van der Waals surface area contributed by atoms with Gasteiger partial charge in [-0.05, 0) is 48.9 Å². The molecular weight excluding hydrogens is 438 g/mol. The number of nitrogens with one attached hydrogen (secondary N) is 2. The second kappa shape index (κ2) is 9.95. The van der Waals surface area contributed by atoms with E-state index >= 15 is 0 Å². The average Bonchev–Trinajstić information content (AvgIpc) is 3.44. The molecule has 4 rings (SSSR count). The van der Waals surface area contributed by atoms with Gasteiger partial charge in [-0.2, -0.15) is 0 Å². The van der Waals surface area contributed by atoms with Crippen LogP contribution < -0.4 is 15.5 Å². The van der Waals surface area contributed by atoms with E-state index in [1.807, 2.05) is 43.3 Å². The second-order valence-electron chi connectivity index (χ2n) is 8.10. The van der Waals surface area contributed by atoms with E-state index in [4.69, 9.17) is 0 Å². The minimum Gasteiger partial charge on any atom is -0.356 e. The van der Waals surface area contributed by atoms with Crippen molar-refractivity contribution in [1.82, 2.24) is 10.6 Å². The fourth-order valence-corrected chi connectivity index (χ4v) is 5.12. The van der Waals surface area contributed by atoms with Crippen LogP contribution in [-0.2, 0) is 14.4 Å². The van der Waals surface area contributed by atoms with Crippen LogP contribution in [0.25, 0.3) is 10.1 Å². The van der Waals surface area contributed by atoms with E-state index in [0.29, 0.717) is 29.8 Å². The summed E-state index contributed by atoms with van der Waals surface area (Å²) >= 11 is 1.36. The van der Waals surface area contributed by atoms with Crippen LogP contribution in [0.4, 0.5) is 5.69 Å². The van der Waals surface area contributed by atoms with Crippen molar-refractivity contribution < 1.29 is 19.2 Å². The van der Waals surface area contributed by atoms with Gasteiger partial charge >= 0.3 is 0 Å². The zero-order chi connectivity index (χ0) is 23.4. The Labute approximate surface area is 195 Å². The largest absolute Gasteiger partial charge is 0.356 e. The van der Waals surface area contributed by atoms with Crippen LogP contribution >= 0.6 is 11.3 Å². The number of thiophene rings is 1. The zero-order valence-electron chi connectivity index (χ0n) is 18.2. The molecule has 0 aliphatic carbocycles. The number of carbonyl (C=O) groups excluding carboxylic acids is 4. The lowest BCUT2D eigenvalue weighted by Gasteiger charge is -2.31. The Kier molecular flexibility index (Phi) is 6.84. The predicted octanol–water partition coefficient (Wildman–Crippen LogP) is 3.07. The molecule has 1 aliphatic rings. The van der Waals surface area contributed by atoms with E-state index in [1.165, 1.54) is 16.2 Å². The lowest BCUT2D eigenvalue weighted by Crippen LogP contribution is -2.48. The number of aryl methyl sites for hydroxylation is 1. The first-order valence-electron chi connectivity index (χ1n) is 10.9. The van der Waals surface area contributed by atoms with Gasteiger partial charge in [-0.15, -0.1) is 11.3 Å². The fourth-order valence-electron chi connectivity index (χ4n) is 4.14. The topological polar surface area (TPSA) is 95.6 Å². The number of aldehydes is 1. The summed E-state index contributed by atoms with van der Waals surface area (Å²) in [6.45, 7) is 2.16. The molecule has 1 fully saturated rings. The fraction of sp³-hybridized carbons (Fsp3) is 0.280. The molecule has 33 heavy (non-hydrogen) atoms. The third-order valence-corrected chi connectivity index (χ3v) is 6.99. The Balaban J connectivity index is 1.53. The monoisotopic (exact) mass is 463 g/mol. The maximum absolute atomic E-state index is 13.3. The van der Waals surface area contributed by atoms with Crippen molar-refractivity contribution in [2.24, 2.45) is 5.92 Å². The zero-order valence-corrected chi connectivity index (χ0v) is 19.1. The van der Waals surface area contributed by atoms with Crippen molar-refractivity contribution >= 4 is 51.1 Å². The van der Waals surface area contributed by atoms with Crippen molar-refractivity contribution in [1.29, 1.82) is 0 Å². The highest BCUT2D eigenvalue weighted by molar-refractivity contribution is 7.20. The smallest absolute Gasteiger partial charge is 0.261 e. The summed E-state index contributed by atoms with van der Waals surface area (Å²) in [5, 5.41) is 6.44. The summed E-state index contributed by atoms with van der Waals surface area (Å²) < 4.78 is 0.992. The summed E-state index contributed by atoms with van der Waals surface area (Å²) in [7, 11) is 0. The molecule has 2 atom stereocenters. The molecule has 1 aromatic heterocycles. The molecule has 0 saturated carbocycles. The Morgan fingerprint density at radius 2 is 1.97 bits per heavy atom. The van der Waals surface area contributed by atoms with Crippen molar-refractivity contribution in [3.05, 3.63) is 65.0 Å².